The van der Waals surface area contributed by atoms with Gasteiger partial charge in [-0.3, -0.25) is 4.79 Å². The molecule has 2 aromatic carbocycles. The summed E-state index contributed by atoms with van der Waals surface area (Å²) in [6.45, 7) is 1.50. The molecule has 1 aliphatic rings. The van der Waals surface area contributed by atoms with Crippen LogP contribution in [0.15, 0.2) is 47.4 Å². The Balaban J connectivity index is 1.53. The van der Waals surface area contributed by atoms with Crippen molar-refractivity contribution in [2.45, 2.75) is 30.4 Å². The number of carbonyl (C=O) groups excluding carboxylic acids is 1. The van der Waals surface area contributed by atoms with E-state index in [1.165, 1.54) is 44.4 Å². The lowest BCUT2D eigenvalue weighted by atomic mass is 10.0. The molecule has 1 saturated heterocycles. The minimum Gasteiger partial charge on any atom is -0.484 e. The molecular formula is C20H25FN4O4S. The summed E-state index contributed by atoms with van der Waals surface area (Å²) in [6, 6.07) is 10.7. The van der Waals surface area contributed by atoms with Gasteiger partial charge in [0, 0.05) is 26.6 Å². The third-order valence-electron chi connectivity index (χ3n) is 4.77. The second-order valence-corrected chi connectivity index (χ2v) is 9.41. The van der Waals surface area contributed by atoms with Gasteiger partial charge >= 0.3 is 0 Å². The number of carbonyl (C=O) groups is 1. The molecule has 0 aromatic heterocycles. The predicted molar refractivity (Wildman–Crippen MR) is 110 cm³/mol. The monoisotopic (exact) mass is 436 g/mol. The number of ether oxygens (including phenoxy) is 1. The largest absolute Gasteiger partial charge is 0.484 e. The smallest absolute Gasteiger partial charge is 0.259 e. The summed E-state index contributed by atoms with van der Waals surface area (Å²) >= 11 is 0. The van der Waals surface area contributed by atoms with Crippen molar-refractivity contribution >= 4 is 15.9 Å². The van der Waals surface area contributed by atoms with Crippen LogP contribution in [0.3, 0.4) is 0 Å². The third-order valence-corrected chi connectivity index (χ3v) is 6.58. The average molecular weight is 437 g/mol. The second-order valence-electron chi connectivity index (χ2n) is 7.26. The van der Waals surface area contributed by atoms with Crippen LogP contribution in [0.2, 0.25) is 0 Å². The van der Waals surface area contributed by atoms with Gasteiger partial charge in [-0.25, -0.2) is 28.0 Å². The molecule has 2 unspecified atom stereocenters. The first-order chi connectivity index (χ1) is 14.2. The summed E-state index contributed by atoms with van der Waals surface area (Å²) in [4.78, 5) is 12.4. The van der Waals surface area contributed by atoms with Gasteiger partial charge in [-0.15, -0.1) is 0 Å². The molecule has 0 aliphatic carbocycles. The Morgan fingerprint density at radius 1 is 1.23 bits per heavy atom. The van der Waals surface area contributed by atoms with Crippen LogP contribution in [0.1, 0.15) is 23.6 Å². The SMILES string of the molecule is Cc1cc(S(=O)(=O)N(C)C)ccc1OCC(=O)NC1CC(c2cccc(F)c2)NN1. The van der Waals surface area contributed by atoms with E-state index in [-0.39, 0.29) is 35.4 Å². The van der Waals surface area contributed by atoms with E-state index in [4.69, 9.17) is 4.74 Å². The maximum absolute atomic E-state index is 13.4. The Kier molecular flexibility index (Phi) is 6.71. The molecule has 0 saturated carbocycles. The van der Waals surface area contributed by atoms with Gasteiger partial charge in [0.05, 0.1) is 11.1 Å². The standard InChI is InChI=1S/C20H25FN4O4S/c1-13-9-16(30(27,28)25(2)3)7-8-18(13)29-12-20(26)22-19-11-17(23-24-19)14-5-4-6-15(21)10-14/h4-10,17,19,23-24H,11-12H2,1-3H3,(H,22,26). The Morgan fingerprint density at radius 3 is 2.67 bits per heavy atom. The molecule has 0 bridgehead atoms. The van der Waals surface area contributed by atoms with Crippen molar-refractivity contribution in [1.29, 1.82) is 0 Å². The molecule has 2 aromatic rings. The highest BCUT2D eigenvalue weighted by Crippen LogP contribution is 2.24. The van der Waals surface area contributed by atoms with E-state index in [2.05, 4.69) is 16.2 Å². The van der Waals surface area contributed by atoms with Crippen LogP contribution >= 0.6 is 0 Å². The van der Waals surface area contributed by atoms with Gasteiger partial charge in [-0.2, -0.15) is 0 Å². The van der Waals surface area contributed by atoms with E-state index in [0.29, 0.717) is 17.7 Å². The Labute approximate surface area is 175 Å². The first-order valence-corrected chi connectivity index (χ1v) is 10.8. The third kappa shape index (κ3) is 5.14. The van der Waals surface area contributed by atoms with Gasteiger partial charge in [0.1, 0.15) is 11.6 Å². The summed E-state index contributed by atoms with van der Waals surface area (Å²) < 4.78 is 44.4. The maximum atomic E-state index is 13.4. The molecule has 8 nitrogen and oxygen atoms in total. The summed E-state index contributed by atoms with van der Waals surface area (Å²) in [7, 11) is -0.609. The number of hydrazine groups is 1. The zero-order valence-electron chi connectivity index (χ0n) is 17.0. The lowest BCUT2D eigenvalue weighted by molar-refractivity contribution is -0.123. The van der Waals surface area contributed by atoms with Crippen LogP contribution < -0.4 is 20.9 Å². The molecule has 3 rings (SSSR count). The van der Waals surface area contributed by atoms with Crippen molar-refractivity contribution < 1.29 is 22.3 Å². The summed E-state index contributed by atoms with van der Waals surface area (Å²) in [5.41, 5.74) is 7.40. The molecule has 2 atom stereocenters. The highest BCUT2D eigenvalue weighted by molar-refractivity contribution is 7.89. The fraction of sp³-hybridized carbons (Fsp3) is 0.350. The molecule has 162 valence electrons. The molecule has 30 heavy (non-hydrogen) atoms. The van der Waals surface area contributed by atoms with Crippen molar-refractivity contribution in [1.82, 2.24) is 20.5 Å². The number of rotatable bonds is 7. The van der Waals surface area contributed by atoms with Gasteiger partial charge in [-0.1, -0.05) is 12.1 Å². The normalized spacial score (nSPS) is 19.1. The number of hydrogen-bond donors (Lipinski definition) is 3. The molecule has 1 fully saturated rings. The van der Waals surface area contributed by atoms with E-state index in [1.54, 1.807) is 13.0 Å². The minimum absolute atomic E-state index is 0.125. The fourth-order valence-electron chi connectivity index (χ4n) is 3.13. The van der Waals surface area contributed by atoms with Gasteiger partial charge < -0.3 is 10.1 Å². The van der Waals surface area contributed by atoms with Gasteiger partial charge in [0.15, 0.2) is 6.61 Å². The molecule has 0 spiro atoms. The highest BCUT2D eigenvalue weighted by atomic mass is 32.2. The van der Waals surface area contributed by atoms with Crippen molar-refractivity contribution in [3.63, 3.8) is 0 Å². The van der Waals surface area contributed by atoms with Gasteiger partial charge in [0.25, 0.3) is 5.91 Å². The number of aryl methyl sites for hydroxylation is 1. The lowest BCUT2D eigenvalue weighted by Gasteiger charge is -2.15. The van der Waals surface area contributed by atoms with E-state index in [9.17, 15) is 17.6 Å². The molecule has 0 radical (unpaired) electrons. The minimum atomic E-state index is -3.53. The quantitative estimate of drug-likeness (QED) is 0.608. The fourth-order valence-corrected chi connectivity index (χ4v) is 4.11. The number of benzene rings is 2. The topological polar surface area (TPSA) is 99.8 Å². The van der Waals surface area contributed by atoms with Gasteiger partial charge in [0.2, 0.25) is 10.0 Å². The van der Waals surface area contributed by atoms with Crippen molar-refractivity contribution in [3.05, 3.63) is 59.4 Å². The van der Waals surface area contributed by atoms with Gasteiger partial charge in [-0.05, 0) is 48.4 Å². The zero-order valence-corrected chi connectivity index (χ0v) is 17.8. The molecule has 10 heteroatoms. The number of sulfonamides is 1. The van der Waals surface area contributed by atoms with Crippen molar-refractivity contribution in [2.75, 3.05) is 20.7 Å². The molecule has 1 heterocycles. The highest BCUT2D eigenvalue weighted by Gasteiger charge is 2.26. The number of hydrogen-bond acceptors (Lipinski definition) is 6. The number of nitrogens with zero attached hydrogens (tertiary/aromatic N) is 1. The van der Waals surface area contributed by atoms with Crippen LogP contribution in [-0.4, -0.2) is 45.5 Å². The molecule has 3 N–H and O–H groups in total. The summed E-state index contributed by atoms with van der Waals surface area (Å²) in [6.07, 6.45) is 0.216. The molecular weight excluding hydrogens is 411 g/mol. The number of amides is 1. The Morgan fingerprint density at radius 2 is 2.00 bits per heavy atom. The zero-order chi connectivity index (χ0) is 21.9. The first kappa shape index (κ1) is 22.2. The van der Waals surface area contributed by atoms with E-state index < -0.39 is 10.0 Å². The van der Waals surface area contributed by atoms with E-state index in [0.717, 1.165) is 9.87 Å². The number of halogens is 1. The summed E-state index contributed by atoms with van der Waals surface area (Å²) in [5.74, 6) is -0.216. The van der Waals surface area contributed by atoms with Crippen LogP contribution in [0.25, 0.3) is 0 Å². The molecule has 1 aliphatic heterocycles. The van der Waals surface area contributed by atoms with Crippen LogP contribution in [0, 0.1) is 12.7 Å². The average Bonchev–Trinajstić information content (AvgIpc) is 3.15. The second kappa shape index (κ2) is 9.09. The maximum Gasteiger partial charge on any atom is 0.259 e. The Hall–Kier alpha value is -2.53. The number of nitrogens with one attached hydrogen (secondary N) is 3. The predicted octanol–water partition coefficient (Wildman–Crippen LogP) is 1.44. The van der Waals surface area contributed by atoms with Crippen LogP contribution in [0.4, 0.5) is 4.39 Å². The first-order valence-electron chi connectivity index (χ1n) is 9.38. The van der Waals surface area contributed by atoms with Crippen molar-refractivity contribution in [2.24, 2.45) is 0 Å². The summed E-state index contributed by atoms with van der Waals surface area (Å²) in [5, 5.41) is 2.80. The van der Waals surface area contributed by atoms with Crippen molar-refractivity contribution in [3.8, 4) is 5.75 Å². The van der Waals surface area contributed by atoms with Crippen LogP contribution in [0.5, 0.6) is 5.75 Å². The molecule has 1 amide bonds. The van der Waals surface area contributed by atoms with E-state index >= 15 is 0 Å². The lowest BCUT2D eigenvalue weighted by Crippen LogP contribution is -2.45. The Bertz CT molecular complexity index is 1030. The van der Waals surface area contributed by atoms with E-state index in [1.807, 2.05) is 6.07 Å². The van der Waals surface area contributed by atoms with Crippen LogP contribution in [-0.2, 0) is 14.8 Å².